The van der Waals surface area contributed by atoms with Crippen molar-refractivity contribution in [3.05, 3.63) is 59.2 Å². The number of carbonyl (C=O) groups is 1. The molecule has 0 bridgehead atoms. The standard InChI is InChI=1S/C23H22N2O4/c1-4-13-29-20-8-6-5-7-18(20)15-19(16-24)23(26)25-12-11-17-9-10-21(27-2)22(14-17)28-3/h1,5-10,14-15H,11-13H2,2-3H3,(H,25,26)/b19-15+. The van der Waals surface area contributed by atoms with Gasteiger partial charge in [-0.2, -0.15) is 5.26 Å². The summed E-state index contributed by atoms with van der Waals surface area (Å²) in [7, 11) is 3.14. The summed E-state index contributed by atoms with van der Waals surface area (Å²) in [5, 5.41) is 12.1. The SMILES string of the molecule is C#CCOc1ccccc1/C=C(\C#N)C(=O)NCCc1ccc(OC)c(OC)c1. The van der Waals surface area contributed by atoms with E-state index in [0.717, 1.165) is 5.56 Å². The highest BCUT2D eigenvalue weighted by Gasteiger charge is 2.11. The Bertz CT molecular complexity index is 968. The van der Waals surface area contributed by atoms with Gasteiger partial charge in [0.2, 0.25) is 0 Å². The van der Waals surface area contributed by atoms with Gasteiger partial charge in [-0.05, 0) is 36.3 Å². The molecule has 0 unspecified atom stereocenters. The van der Waals surface area contributed by atoms with Gasteiger partial charge in [0.05, 0.1) is 14.2 Å². The fourth-order valence-electron chi connectivity index (χ4n) is 2.61. The van der Waals surface area contributed by atoms with Gasteiger partial charge < -0.3 is 19.5 Å². The highest BCUT2D eigenvalue weighted by atomic mass is 16.5. The van der Waals surface area contributed by atoms with Crippen molar-refractivity contribution in [3.63, 3.8) is 0 Å². The number of carbonyl (C=O) groups excluding carboxylic acids is 1. The Morgan fingerprint density at radius 2 is 1.90 bits per heavy atom. The summed E-state index contributed by atoms with van der Waals surface area (Å²) in [6, 6.07) is 14.5. The van der Waals surface area contributed by atoms with E-state index in [-0.39, 0.29) is 12.2 Å². The third-order valence-electron chi connectivity index (χ3n) is 4.04. The average Bonchev–Trinajstić information content (AvgIpc) is 2.76. The number of para-hydroxylation sites is 1. The fraction of sp³-hybridized carbons (Fsp3) is 0.217. The minimum atomic E-state index is -0.459. The molecule has 0 saturated carbocycles. The van der Waals surface area contributed by atoms with Gasteiger partial charge in [0.1, 0.15) is 24.0 Å². The van der Waals surface area contributed by atoms with Crippen molar-refractivity contribution in [3.8, 4) is 35.7 Å². The quantitative estimate of drug-likeness (QED) is 0.404. The molecule has 0 atom stereocenters. The Balaban J connectivity index is 2.03. The molecule has 0 radical (unpaired) electrons. The van der Waals surface area contributed by atoms with E-state index < -0.39 is 5.91 Å². The second-order valence-electron chi connectivity index (χ2n) is 5.90. The molecule has 2 aromatic rings. The van der Waals surface area contributed by atoms with Crippen LogP contribution in [0.1, 0.15) is 11.1 Å². The Labute approximate surface area is 170 Å². The normalized spacial score (nSPS) is 10.4. The maximum absolute atomic E-state index is 12.4. The van der Waals surface area contributed by atoms with Gasteiger partial charge in [-0.3, -0.25) is 4.79 Å². The van der Waals surface area contributed by atoms with Gasteiger partial charge in [-0.15, -0.1) is 6.42 Å². The molecule has 6 heteroatoms. The van der Waals surface area contributed by atoms with E-state index in [9.17, 15) is 10.1 Å². The maximum atomic E-state index is 12.4. The van der Waals surface area contributed by atoms with E-state index in [1.807, 2.05) is 24.3 Å². The lowest BCUT2D eigenvalue weighted by Gasteiger charge is -2.10. The van der Waals surface area contributed by atoms with Gasteiger partial charge in [-0.25, -0.2) is 0 Å². The first kappa shape index (κ1) is 21.4. The number of ether oxygens (including phenoxy) is 3. The Hall–Kier alpha value is -3.90. The van der Waals surface area contributed by atoms with Gasteiger partial charge in [-0.1, -0.05) is 30.2 Å². The topological polar surface area (TPSA) is 80.6 Å². The molecule has 0 aliphatic rings. The van der Waals surface area contributed by atoms with Crippen LogP contribution in [0.2, 0.25) is 0 Å². The number of methoxy groups -OCH3 is 2. The van der Waals surface area contributed by atoms with Crippen LogP contribution in [0.3, 0.4) is 0 Å². The molecule has 148 valence electrons. The monoisotopic (exact) mass is 390 g/mol. The van der Waals surface area contributed by atoms with Gasteiger partial charge in [0.25, 0.3) is 5.91 Å². The lowest BCUT2D eigenvalue weighted by Crippen LogP contribution is -2.26. The Morgan fingerprint density at radius 3 is 2.59 bits per heavy atom. The van der Waals surface area contributed by atoms with Crippen LogP contribution in [0.5, 0.6) is 17.2 Å². The number of nitriles is 1. The molecule has 1 N–H and O–H groups in total. The highest BCUT2D eigenvalue weighted by Crippen LogP contribution is 2.27. The van der Waals surface area contributed by atoms with Crippen molar-refractivity contribution < 1.29 is 19.0 Å². The largest absolute Gasteiger partial charge is 0.493 e. The van der Waals surface area contributed by atoms with Gasteiger partial charge in [0.15, 0.2) is 11.5 Å². The molecule has 2 aromatic carbocycles. The summed E-state index contributed by atoms with van der Waals surface area (Å²) in [5.74, 6) is 3.70. The molecule has 0 aliphatic heterocycles. The first-order valence-corrected chi connectivity index (χ1v) is 8.89. The molecular formula is C23H22N2O4. The molecule has 0 saturated heterocycles. The summed E-state index contributed by atoms with van der Waals surface area (Å²) in [6.07, 6.45) is 7.28. The van der Waals surface area contributed by atoms with Crippen LogP contribution >= 0.6 is 0 Å². The lowest BCUT2D eigenvalue weighted by atomic mass is 10.1. The van der Waals surface area contributed by atoms with E-state index in [2.05, 4.69) is 11.2 Å². The summed E-state index contributed by atoms with van der Waals surface area (Å²) in [6.45, 7) is 0.465. The van der Waals surface area contributed by atoms with Crippen LogP contribution in [0, 0.1) is 23.7 Å². The Morgan fingerprint density at radius 1 is 1.14 bits per heavy atom. The zero-order valence-electron chi connectivity index (χ0n) is 16.4. The summed E-state index contributed by atoms with van der Waals surface area (Å²) in [4.78, 5) is 12.4. The second kappa shape index (κ2) is 11.1. The van der Waals surface area contributed by atoms with Crippen molar-refractivity contribution in [1.82, 2.24) is 5.32 Å². The van der Waals surface area contributed by atoms with Crippen molar-refractivity contribution in [1.29, 1.82) is 5.26 Å². The molecule has 0 aromatic heterocycles. The molecule has 2 rings (SSSR count). The summed E-state index contributed by atoms with van der Waals surface area (Å²) >= 11 is 0. The fourth-order valence-corrected chi connectivity index (χ4v) is 2.61. The van der Waals surface area contributed by atoms with Crippen LogP contribution in [-0.2, 0) is 11.2 Å². The number of rotatable bonds is 9. The molecule has 0 aliphatic carbocycles. The third kappa shape index (κ3) is 6.05. The van der Waals surface area contributed by atoms with E-state index in [0.29, 0.717) is 35.8 Å². The summed E-state index contributed by atoms with van der Waals surface area (Å²) in [5.41, 5.74) is 1.56. The number of nitrogens with one attached hydrogen (secondary N) is 1. The molecule has 1 amide bonds. The van der Waals surface area contributed by atoms with Crippen molar-refractivity contribution in [2.24, 2.45) is 0 Å². The molecule has 0 heterocycles. The lowest BCUT2D eigenvalue weighted by molar-refractivity contribution is -0.117. The number of terminal acetylenes is 1. The van der Waals surface area contributed by atoms with Gasteiger partial charge >= 0.3 is 0 Å². The molecule has 0 spiro atoms. The van der Waals surface area contributed by atoms with E-state index >= 15 is 0 Å². The number of hydrogen-bond donors (Lipinski definition) is 1. The number of nitrogens with zero attached hydrogens (tertiary/aromatic N) is 1. The zero-order valence-corrected chi connectivity index (χ0v) is 16.4. The predicted octanol–water partition coefficient (Wildman–Crippen LogP) is 2.98. The first-order chi connectivity index (χ1) is 14.1. The van der Waals surface area contributed by atoms with E-state index in [1.165, 1.54) is 6.08 Å². The molecular weight excluding hydrogens is 368 g/mol. The predicted molar refractivity (Wildman–Crippen MR) is 111 cm³/mol. The van der Waals surface area contributed by atoms with Crippen LogP contribution in [0.15, 0.2) is 48.0 Å². The van der Waals surface area contributed by atoms with Crippen LogP contribution in [-0.4, -0.2) is 33.3 Å². The smallest absolute Gasteiger partial charge is 0.261 e. The Kier molecular flexibility index (Phi) is 8.16. The summed E-state index contributed by atoms with van der Waals surface area (Å²) < 4.78 is 15.9. The van der Waals surface area contributed by atoms with Crippen LogP contribution in [0.25, 0.3) is 6.08 Å². The molecule has 29 heavy (non-hydrogen) atoms. The van der Waals surface area contributed by atoms with Crippen molar-refractivity contribution in [2.75, 3.05) is 27.4 Å². The number of amides is 1. The number of hydrogen-bond acceptors (Lipinski definition) is 5. The minimum absolute atomic E-state index is 0.0194. The third-order valence-corrected chi connectivity index (χ3v) is 4.04. The second-order valence-corrected chi connectivity index (χ2v) is 5.90. The minimum Gasteiger partial charge on any atom is -0.493 e. The van der Waals surface area contributed by atoms with Crippen molar-refractivity contribution in [2.45, 2.75) is 6.42 Å². The number of benzene rings is 2. The molecule has 6 nitrogen and oxygen atoms in total. The van der Waals surface area contributed by atoms with Gasteiger partial charge in [0, 0.05) is 12.1 Å². The average molecular weight is 390 g/mol. The molecule has 0 fully saturated rings. The van der Waals surface area contributed by atoms with Crippen molar-refractivity contribution >= 4 is 12.0 Å². The highest BCUT2D eigenvalue weighted by molar-refractivity contribution is 6.01. The van der Waals surface area contributed by atoms with E-state index in [1.54, 1.807) is 38.5 Å². The van der Waals surface area contributed by atoms with Crippen LogP contribution < -0.4 is 19.5 Å². The first-order valence-electron chi connectivity index (χ1n) is 8.89. The maximum Gasteiger partial charge on any atom is 0.261 e. The van der Waals surface area contributed by atoms with E-state index in [4.69, 9.17) is 20.6 Å². The zero-order chi connectivity index (χ0) is 21.1. The van der Waals surface area contributed by atoms with Crippen LogP contribution in [0.4, 0.5) is 0 Å².